The Balaban J connectivity index is 2.18. The number of hydrogen-bond donors (Lipinski definition) is 2. The lowest BCUT2D eigenvalue weighted by Gasteiger charge is -2.17. The highest BCUT2D eigenvalue weighted by atomic mass is 15.5. The van der Waals surface area contributed by atoms with E-state index in [0.717, 1.165) is 22.9 Å². The van der Waals surface area contributed by atoms with Crippen LogP contribution in [0, 0.1) is 5.92 Å². The number of pyridine rings is 1. The van der Waals surface area contributed by atoms with Gasteiger partial charge in [-0.15, -0.1) is 10.2 Å². The molecule has 6 nitrogen and oxygen atoms in total. The number of fused-ring (bicyclic) bond motifs is 1. The van der Waals surface area contributed by atoms with Crippen LogP contribution in [0.15, 0.2) is 30.5 Å². The third kappa shape index (κ3) is 2.56. The summed E-state index contributed by atoms with van der Waals surface area (Å²) in [5.74, 6) is 1.17. The molecule has 0 spiro atoms. The minimum atomic E-state index is 0.00856. The summed E-state index contributed by atoms with van der Waals surface area (Å²) in [7, 11) is 0. The topological polar surface area (TPSA) is 93.4 Å². The second-order valence-corrected chi connectivity index (χ2v) is 5.60. The average Bonchev–Trinajstić information content (AvgIpc) is 3.00. The van der Waals surface area contributed by atoms with E-state index < -0.39 is 0 Å². The van der Waals surface area contributed by atoms with E-state index in [1.165, 1.54) is 0 Å². The number of H-pyrrole nitrogens is 1. The number of aromatic amines is 1. The zero-order valence-electron chi connectivity index (χ0n) is 12.1. The summed E-state index contributed by atoms with van der Waals surface area (Å²) in [6, 6.07) is 8.03. The van der Waals surface area contributed by atoms with Gasteiger partial charge in [-0.3, -0.25) is 4.98 Å². The van der Waals surface area contributed by atoms with Gasteiger partial charge in [-0.2, -0.15) is 5.21 Å². The Morgan fingerprint density at radius 1 is 1.19 bits per heavy atom. The molecule has 0 amide bonds. The predicted octanol–water partition coefficient (Wildman–Crippen LogP) is 2.51. The van der Waals surface area contributed by atoms with Crippen molar-refractivity contribution in [2.75, 3.05) is 5.73 Å². The number of nitrogens with two attached hydrogens (primary N) is 1. The summed E-state index contributed by atoms with van der Waals surface area (Å²) in [5.41, 5.74) is 7.67. The molecule has 1 atom stereocenters. The molecular weight excluding hydrogens is 264 g/mol. The van der Waals surface area contributed by atoms with E-state index in [-0.39, 0.29) is 5.92 Å². The molecule has 6 heteroatoms. The maximum Gasteiger partial charge on any atom is 0.183 e. The number of nitrogens with zero attached hydrogens (tertiary/aromatic N) is 4. The average molecular weight is 282 g/mol. The largest absolute Gasteiger partial charge is 0.397 e. The Bertz CT molecular complexity index is 735. The Labute approximate surface area is 122 Å². The standard InChI is InChI=1S/C15H18N6/c1-9(2)7-12(15-18-20-21-19-15)14-11-6-4-3-5-10(11)13(16)8-17-14/h3-6,8-9,12H,7,16H2,1-2H3,(H,18,19,20,21). The summed E-state index contributed by atoms with van der Waals surface area (Å²) < 4.78 is 0. The van der Waals surface area contributed by atoms with Gasteiger partial charge in [-0.25, -0.2) is 0 Å². The fraction of sp³-hybridized carbons (Fsp3) is 0.333. The van der Waals surface area contributed by atoms with Crippen LogP contribution in [0.4, 0.5) is 5.69 Å². The van der Waals surface area contributed by atoms with Crippen molar-refractivity contribution in [1.29, 1.82) is 0 Å². The van der Waals surface area contributed by atoms with E-state index in [4.69, 9.17) is 5.73 Å². The summed E-state index contributed by atoms with van der Waals surface area (Å²) in [6.07, 6.45) is 2.62. The number of hydrogen-bond acceptors (Lipinski definition) is 5. The molecule has 0 fully saturated rings. The number of nitrogens with one attached hydrogen (secondary N) is 1. The molecule has 108 valence electrons. The van der Waals surface area contributed by atoms with Crippen LogP contribution in [0.5, 0.6) is 0 Å². The monoisotopic (exact) mass is 282 g/mol. The Morgan fingerprint density at radius 3 is 2.62 bits per heavy atom. The summed E-state index contributed by atoms with van der Waals surface area (Å²) >= 11 is 0. The molecule has 0 aliphatic rings. The van der Waals surface area contributed by atoms with Gasteiger partial charge in [0.1, 0.15) is 0 Å². The second-order valence-electron chi connectivity index (χ2n) is 5.60. The van der Waals surface area contributed by atoms with Crippen LogP contribution >= 0.6 is 0 Å². The van der Waals surface area contributed by atoms with Crippen LogP contribution in [0.25, 0.3) is 10.8 Å². The van der Waals surface area contributed by atoms with Gasteiger partial charge < -0.3 is 5.73 Å². The van der Waals surface area contributed by atoms with Crippen LogP contribution in [0.2, 0.25) is 0 Å². The van der Waals surface area contributed by atoms with Crippen molar-refractivity contribution < 1.29 is 0 Å². The first-order valence-corrected chi connectivity index (χ1v) is 7.03. The van der Waals surface area contributed by atoms with Crippen LogP contribution in [0.1, 0.15) is 37.7 Å². The minimum absolute atomic E-state index is 0.00856. The van der Waals surface area contributed by atoms with E-state index in [9.17, 15) is 0 Å². The molecule has 1 unspecified atom stereocenters. The predicted molar refractivity (Wildman–Crippen MR) is 81.6 cm³/mol. The van der Waals surface area contributed by atoms with Gasteiger partial charge in [0.25, 0.3) is 0 Å². The maximum absolute atomic E-state index is 6.03. The lowest BCUT2D eigenvalue weighted by atomic mass is 9.90. The minimum Gasteiger partial charge on any atom is -0.397 e. The third-order valence-corrected chi connectivity index (χ3v) is 3.57. The fourth-order valence-corrected chi connectivity index (χ4v) is 2.64. The van der Waals surface area contributed by atoms with Gasteiger partial charge in [0.2, 0.25) is 0 Å². The van der Waals surface area contributed by atoms with E-state index in [0.29, 0.717) is 17.4 Å². The van der Waals surface area contributed by atoms with Gasteiger partial charge in [-0.1, -0.05) is 43.3 Å². The molecule has 0 saturated heterocycles. The SMILES string of the molecule is CC(C)CC(c1nn[nH]n1)c1ncc(N)c2ccccc12. The fourth-order valence-electron chi connectivity index (χ4n) is 2.64. The van der Waals surface area contributed by atoms with Gasteiger partial charge in [-0.05, 0) is 12.3 Å². The zero-order valence-corrected chi connectivity index (χ0v) is 12.1. The van der Waals surface area contributed by atoms with Gasteiger partial charge in [0.05, 0.1) is 23.5 Å². The van der Waals surface area contributed by atoms with Crippen molar-refractivity contribution in [1.82, 2.24) is 25.6 Å². The van der Waals surface area contributed by atoms with Gasteiger partial charge in [0, 0.05) is 10.8 Å². The molecule has 0 radical (unpaired) electrons. The Hall–Kier alpha value is -2.50. The number of aromatic nitrogens is 5. The number of tetrazole rings is 1. The first-order valence-electron chi connectivity index (χ1n) is 7.03. The van der Waals surface area contributed by atoms with Crippen molar-refractivity contribution >= 4 is 16.5 Å². The molecular formula is C15H18N6. The van der Waals surface area contributed by atoms with E-state index in [1.54, 1.807) is 6.20 Å². The number of rotatable bonds is 4. The molecule has 0 aliphatic heterocycles. The Morgan fingerprint density at radius 2 is 1.95 bits per heavy atom. The lowest BCUT2D eigenvalue weighted by Crippen LogP contribution is -2.10. The second kappa shape index (κ2) is 5.47. The Kier molecular flexibility index (Phi) is 3.51. The summed E-state index contributed by atoms with van der Waals surface area (Å²) in [4.78, 5) is 4.57. The van der Waals surface area contributed by atoms with E-state index in [2.05, 4.69) is 39.5 Å². The molecule has 21 heavy (non-hydrogen) atoms. The molecule has 0 bridgehead atoms. The highest BCUT2D eigenvalue weighted by Crippen LogP contribution is 2.33. The van der Waals surface area contributed by atoms with Gasteiger partial charge >= 0.3 is 0 Å². The van der Waals surface area contributed by atoms with Crippen LogP contribution < -0.4 is 5.73 Å². The number of benzene rings is 1. The molecule has 3 rings (SSSR count). The van der Waals surface area contributed by atoms with E-state index in [1.807, 2.05) is 24.3 Å². The molecule has 2 heterocycles. The number of anilines is 1. The molecule has 3 N–H and O–H groups in total. The number of nitrogen functional groups attached to an aromatic ring is 1. The lowest BCUT2D eigenvalue weighted by molar-refractivity contribution is 0.522. The zero-order chi connectivity index (χ0) is 14.8. The molecule has 3 aromatic rings. The van der Waals surface area contributed by atoms with Gasteiger partial charge in [0.15, 0.2) is 5.82 Å². The van der Waals surface area contributed by atoms with Crippen LogP contribution in [-0.4, -0.2) is 25.6 Å². The molecule has 0 saturated carbocycles. The summed E-state index contributed by atoms with van der Waals surface area (Å²) in [6.45, 7) is 4.35. The maximum atomic E-state index is 6.03. The first kappa shape index (κ1) is 13.5. The van der Waals surface area contributed by atoms with Crippen molar-refractivity contribution in [3.8, 4) is 0 Å². The van der Waals surface area contributed by atoms with E-state index >= 15 is 0 Å². The van der Waals surface area contributed by atoms with Crippen LogP contribution in [-0.2, 0) is 0 Å². The first-order chi connectivity index (χ1) is 10.2. The van der Waals surface area contributed by atoms with Crippen molar-refractivity contribution in [3.63, 3.8) is 0 Å². The molecule has 2 aromatic heterocycles. The normalized spacial score (nSPS) is 12.9. The highest BCUT2D eigenvalue weighted by molar-refractivity contribution is 5.94. The molecule has 0 aliphatic carbocycles. The smallest absolute Gasteiger partial charge is 0.183 e. The molecule has 1 aromatic carbocycles. The van der Waals surface area contributed by atoms with Crippen molar-refractivity contribution in [2.24, 2.45) is 5.92 Å². The quantitative estimate of drug-likeness (QED) is 0.767. The van der Waals surface area contributed by atoms with Crippen molar-refractivity contribution in [3.05, 3.63) is 42.0 Å². The van der Waals surface area contributed by atoms with Crippen LogP contribution in [0.3, 0.4) is 0 Å². The van der Waals surface area contributed by atoms with Crippen molar-refractivity contribution in [2.45, 2.75) is 26.2 Å². The third-order valence-electron chi connectivity index (χ3n) is 3.57. The summed E-state index contributed by atoms with van der Waals surface area (Å²) in [5, 5.41) is 16.6. The highest BCUT2D eigenvalue weighted by Gasteiger charge is 2.23.